The number of likely N-dealkylation sites (tertiary alicyclic amines) is 1. The third-order valence-electron chi connectivity index (χ3n) is 5.97. The topological polar surface area (TPSA) is 41.6 Å². The number of para-hydroxylation sites is 1. The average molecular weight is 413 g/mol. The van der Waals surface area contributed by atoms with E-state index in [2.05, 4.69) is 42.3 Å². The molecule has 0 radical (unpaired) electrons. The fourth-order valence-electron chi connectivity index (χ4n) is 4.42. The van der Waals surface area contributed by atoms with E-state index >= 15 is 0 Å². The molecule has 2 aliphatic heterocycles. The van der Waals surface area contributed by atoms with E-state index in [1.807, 2.05) is 30.3 Å². The van der Waals surface area contributed by atoms with Crippen molar-refractivity contribution in [3.63, 3.8) is 0 Å². The number of ether oxygens (including phenoxy) is 1. The first-order valence-electron chi connectivity index (χ1n) is 10.4. The molecule has 2 aromatic rings. The molecule has 1 atom stereocenters. The molecule has 154 valence electrons. The van der Waals surface area contributed by atoms with Gasteiger partial charge in [0.1, 0.15) is 11.4 Å². The van der Waals surface area contributed by atoms with Crippen molar-refractivity contribution in [2.24, 2.45) is 5.92 Å². The molecule has 0 spiro atoms. The van der Waals surface area contributed by atoms with Gasteiger partial charge in [0, 0.05) is 29.5 Å². The molecular formula is C24H29ClN2O2. The first-order valence-corrected chi connectivity index (χ1v) is 10.8. The monoisotopic (exact) mass is 412 g/mol. The van der Waals surface area contributed by atoms with Crippen molar-refractivity contribution < 1.29 is 9.53 Å². The van der Waals surface area contributed by atoms with Crippen molar-refractivity contribution in [2.45, 2.75) is 51.3 Å². The van der Waals surface area contributed by atoms with Crippen LogP contribution in [0, 0.1) is 5.92 Å². The Labute approximate surface area is 178 Å². The van der Waals surface area contributed by atoms with Crippen LogP contribution in [-0.4, -0.2) is 29.5 Å². The van der Waals surface area contributed by atoms with Crippen molar-refractivity contribution in [1.29, 1.82) is 0 Å². The van der Waals surface area contributed by atoms with Crippen molar-refractivity contribution in [1.82, 2.24) is 10.2 Å². The number of carbonyl (C=O) groups excluding carboxylic acids is 1. The Hall–Kier alpha value is -2.04. The van der Waals surface area contributed by atoms with Crippen LogP contribution in [0.1, 0.15) is 50.3 Å². The molecule has 5 heteroatoms. The second-order valence-corrected chi connectivity index (χ2v) is 9.28. The number of nitrogens with one attached hydrogen (secondary N) is 1. The van der Waals surface area contributed by atoms with E-state index in [0.717, 1.165) is 55.2 Å². The molecular weight excluding hydrogens is 384 g/mol. The molecule has 0 aromatic heterocycles. The highest BCUT2D eigenvalue weighted by Gasteiger charge is 2.35. The van der Waals surface area contributed by atoms with Crippen LogP contribution in [0.2, 0.25) is 5.02 Å². The van der Waals surface area contributed by atoms with Gasteiger partial charge in [-0.15, -0.1) is 0 Å². The van der Waals surface area contributed by atoms with E-state index in [9.17, 15) is 4.79 Å². The minimum atomic E-state index is -0.283. The Morgan fingerprint density at radius 1 is 1.14 bits per heavy atom. The molecule has 1 saturated heterocycles. The van der Waals surface area contributed by atoms with Crippen molar-refractivity contribution in [2.75, 3.05) is 13.1 Å². The number of nitrogens with zero attached hydrogens (tertiary/aromatic N) is 1. The molecule has 1 N–H and O–H groups in total. The van der Waals surface area contributed by atoms with Gasteiger partial charge >= 0.3 is 0 Å². The SMILES string of the molecule is CC1(C)C[C@H](NC(=O)C2CCN(Cc3ccc(Cl)cc3)CC2)c2ccccc2O1. The van der Waals surface area contributed by atoms with Crippen LogP contribution in [0.15, 0.2) is 48.5 Å². The lowest BCUT2D eigenvalue weighted by Gasteiger charge is -2.39. The van der Waals surface area contributed by atoms with Crippen molar-refractivity contribution in [3.05, 3.63) is 64.7 Å². The summed E-state index contributed by atoms with van der Waals surface area (Å²) < 4.78 is 6.09. The Morgan fingerprint density at radius 3 is 2.55 bits per heavy atom. The zero-order valence-electron chi connectivity index (χ0n) is 17.2. The van der Waals surface area contributed by atoms with Gasteiger partial charge in [0.15, 0.2) is 0 Å². The summed E-state index contributed by atoms with van der Waals surface area (Å²) in [6.07, 6.45) is 2.58. The van der Waals surface area contributed by atoms with Gasteiger partial charge < -0.3 is 10.1 Å². The van der Waals surface area contributed by atoms with Gasteiger partial charge in [-0.2, -0.15) is 0 Å². The van der Waals surface area contributed by atoms with Gasteiger partial charge in [0.05, 0.1) is 6.04 Å². The standard InChI is InChI=1S/C24H29ClN2O2/c1-24(2)15-21(20-5-3-4-6-22(20)29-24)26-23(28)18-11-13-27(14-12-18)16-17-7-9-19(25)10-8-17/h3-10,18,21H,11-16H2,1-2H3,(H,26,28)/t21-/m0/s1. The van der Waals surface area contributed by atoms with E-state index in [1.165, 1.54) is 5.56 Å². The lowest BCUT2D eigenvalue weighted by Crippen LogP contribution is -2.45. The molecule has 0 unspecified atom stereocenters. The number of piperidine rings is 1. The Kier molecular flexibility index (Phi) is 5.84. The van der Waals surface area contributed by atoms with Gasteiger partial charge in [-0.05, 0) is 63.5 Å². The lowest BCUT2D eigenvalue weighted by molar-refractivity contribution is -0.127. The fraction of sp³-hybridized carbons (Fsp3) is 0.458. The summed E-state index contributed by atoms with van der Waals surface area (Å²) >= 11 is 5.97. The zero-order chi connectivity index (χ0) is 20.4. The minimum absolute atomic E-state index is 0.00884. The third-order valence-corrected chi connectivity index (χ3v) is 6.22. The Morgan fingerprint density at radius 2 is 1.83 bits per heavy atom. The number of hydrogen-bond acceptors (Lipinski definition) is 3. The smallest absolute Gasteiger partial charge is 0.223 e. The van der Waals surface area contributed by atoms with E-state index in [0.29, 0.717) is 0 Å². The van der Waals surface area contributed by atoms with E-state index in [-0.39, 0.29) is 23.5 Å². The summed E-state index contributed by atoms with van der Waals surface area (Å²) in [6.45, 7) is 6.95. The maximum absolute atomic E-state index is 13.0. The molecule has 2 aliphatic rings. The van der Waals surface area contributed by atoms with Crippen molar-refractivity contribution >= 4 is 17.5 Å². The molecule has 29 heavy (non-hydrogen) atoms. The molecule has 4 rings (SSSR count). The molecule has 1 amide bonds. The zero-order valence-corrected chi connectivity index (χ0v) is 17.9. The van der Waals surface area contributed by atoms with Crippen LogP contribution in [0.4, 0.5) is 0 Å². The van der Waals surface area contributed by atoms with Crippen LogP contribution < -0.4 is 10.1 Å². The maximum Gasteiger partial charge on any atom is 0.223 e. The summed E-state index contributed by atoms with van der Waals surface area (Å²) in [6, 6.07) is 16.1. The number of rotatable bonds is 4. The van der Waals surface area contributed by atoms with E-state index in [4.69, 9.17) is 16.3 Å². The molecule has 0 aliphatic carbocycles. The summed E-state index contributed by atoms with van der Waals surface area (Å²) in [7, 11) is 0. The van der Waals surface area contributed by atoms with E-state index < -0.39 is 0 Å². The van der Waals surface area contributed by atoms with Gasteiger partial charge in [-0.3, -0.25) is 9.69 Å². The fourth-order valence-corrected chi connectivity index (χ4v) is 4.55. The molecule has 2 aromatic carbocycles. The second kappa shape index (κ2) is 8.37. The summed E-state index contributed by atoms with van der Waals surface area (Å²) in [5, 5.41) is 4.08. The highest BCUT2D eigenvalue weighted by atomic mass is 35.5. The molecule has 2 heterocycles. The normalized spacial score (nSPS) is 21.8. The quantitative estimate of drug-likeness (QED) is 0.770. The first kappa shape index (κ1) is 20.2. The average Bonchev–Trinajstić information content (AvgIpc) is 2.69. The molecule has 1 fully saturated rings. The number of hydrogen-bond donors (Lipinski definition) is 1. The van der Waals surface area contributed by atoms with Gasteiger partial charge in [-0.25, -0.2) is 0 Å². The molecule has 0 saturated carbocycles. The number of amides is 1. The van der Waals surface area contributed by atoms with Crippen LogP contribution >= 0.6 is 11.6 Å². The molecule has 0 bridgehead atoms. The number of carbonyl (C=O) groups is 1. The van der Waals surface area contributed by atoms with Gasteiger partial charge in [0.2, 0.25) is 5.91 Å². The lowest BCUT2D eigenvalue weighted by atomic mass is 9.88. The van der Waals surface area contributed by atoms with Crippen LogP contribution in [0.25, 0.3) is 0 Å². The van der Waals surface area contributed by atoms with Gasteiger partial charge in [-0.1, -0.05) is 41.9 Å². The predicted molar refractivity (Wildman–Crippen MR) is 116 cm³/mol. The highest BCUT2D eigenvalue weighted by molar-refractivity contribution is 6.30. The maximum atomic E-state index is 13.0. The Bertz CT molecular complexity index is 857. The summed E-state index contributed by atoms with van der Waals surface area (Å²) in [4.78, 5) is 15.4. The largest absolute Gasteiger partial charge is 0.487 e. The van der Waals surface area contributed by atoms with E-state index in [1.54, 1.807) is 0 Å². The van der Waals surface area contributed by atoms with Crippen LogP contribution in [0.3, 0.4) is 0 Å². The number of halogens is 1. The van der Waals surface area contributed by atoms with Crippen LogP contribution in [-0.2, 0) is 11.3 Å². The van der Waals surface area contributed by atoms with Crippen LogP contribution in [0.5, 0.6) is 5.75 Å². The first-order chi connectivity index (χ1) is 13.9. The Balaban J connectivity index is 1.34. The third kappa shape index (κ3) is 4.93. The second-order valence-electron chi connectivity index (χ2n) is 8.84. The summed E-state index contributed by atoms with van der Waals surface area (Å²) in [5.41, 5.74) is 2.06. The summed E-state index contributed by atoms with van der Waals surface area (Å²) in [5.74, 6) is 1.13. The predicted octanol–water partition coefficient (Wildman–Crippen LogP) is 4.97. The molecule has 4 nitrogen and oxygen atoms in total. The van der Waals surface area contributed by atoms with Crippen molar-refractivity contribution in [3.8, 4) is 5.75 Å². The van der Waals surface area contributed by atoms with Gasteiger partial charge in [0.25, 0.3) is 0 Å². The number of fused-ring (bicyclic) bond motifs is 1. The minimum Gasteiger partial charge on any atom is -0.487 e. The number of benzene rings is 2. The highest BCUT2D eigenvalue weighted by Crippen LogP contribution is 2.39.